The molecular weight excluding hydrogens is 264 g/mol. The van der Waals surface area contributed by atoms with Crippen LogP contribution in [-0.2, 0) is 15.9 Å². The summed E-state index contributed by atoms with van der Waals surface area (Å²) in [6.07, 6.45) is 23.5. The van der Waals surface area contributed by atoms with E-state index in [2.05, 4.69) is 19.1 Å². The van der Waals surface area contributed by atoms with Crippen molar-refractivity contribution >= 4 is 11.7 Å². The predicted molar refractivity (Wildman–Crippen MR) is 92.4 cm³/mol. The van der Waals surface area contributed by atoms with Crippen LogP contribution in [0.2, 0.25) is 0 Å². The molecule has 0 rings (SSSR count). The van der Waals surface area contributed by atoms with E-state index in [-0.39, 0.29) is 0 Å². The molecule has 0 spiro atoms. The molecule has 0 aromatic heterocycles. The maximum absolute atomic E-state index is 10.2. The first-order valence-electron chi connectivity index (χ1n) is 8.81. The van der Waals surface area contributed by atoms with E-state index in [9.17, 15) is 4.21 Å². The third-order valence-electron chi connectivity index (χ3n) is 3.76. The van der Waals surface area contributed by atoms with E-state index < -0.39 is 0 Å². The van der Waals surface area contributed by atoms with Crippen molar-refractivity contribution in [1.82, 2.24) is 0 Å². The lowest BCUT2D eigenvalue weighted by Gasteiger charge is -2.02. The van der Waals surface area contributed by atoms with E-state index in [4.69, 9.17) is 0 Å². The summed E-state index contributed by atoms with van der Waals surface area (Å²) in [5.41, 5.74) is 0. The van der Waals surface area contributed by atoms with Crippen LogP contribution in [0.4, 0.5) is 0 Å². The SMILES string of the molecule is CCCCCCCCCCCCCCC=CCC[S+]=O. The van der Waals surface area contributed by atoms with Crippen molar-refractivity contribution in [2.45, 2.75) is 96.8 Å². The van der Waals surface area contributed by atoms with Gasteiger partial charge in [0.15, 0.2) is 0 Å². The normalized spacial score (nSPS) is 11.2. The molecule has 0 heterocycles. The van der Waals surface area contributed by atoms with Gasteiger partial charge in [0.1, 0.15) is 0 Å². The summed E-state index contributed by atoms with van der Waals surface area (Å²) in [4.78, 5) is 0. The van der Waals surface area contributed by atoms with Crippen LogP contribution >= 0.6 is 0 Å². The summed E-state index contributed by atoms with van der Waals surface area (Å²) in [6, 6.07) is 0. The van der Waals surface area contributed by atoms with Crippen molar-refractivity contribution < 1.29 is 4.21 Å². The van der Waals surface area contributed by atoms with Crippen molar-refractivity contribution in [3.8, 4) is 0 Å². The van der Waals surface area contributed by atoms with Gasteiger partial charge in [-0.15, -0.1) is 0 Å². The summed E-state index contributed by atoms with van der Waals surface area (Å²) in [5.74, 6) is 0.717. The number of hydrogen-bond acceptors (Lipinski definition) is 1. The fourth-order valence-electron chi connectivity index (χ4n) is 2.46. The Morgan fingerprint density at radius 2 is 1.10 bits per heavy atom. The Kier molecular flexibility index (Phi) is 18.5. The van der Waals surface area contributed by atoms with E-state index >= 15 is 0 Å². The van der Waals surface area contributed by atoms with Gasteiger partial charge in [-0.25, -0.2) is 0 Å². The van der Waals surface area contributed by atoms with Crippen LogP contribution in [0, 0.1) is 0 Å². The van der Waals surface area contributed by atoms with Gasteiger partial charge in [0.05, 0.1) is 0 Å². The van der Waals surface area contributed by atoms with Gasteiger partial charge in [0, 0.05) is 10.6 Å². The zero-order chi connectivity index (χ0) is 14.7. The largest absolute Gasteiger partial charge is 0.458 e. The molecule has 0 bridgehead atoms. The van der Waals surface area contributed by atoms with Crippen LogP contribution in [0.15, 0.2) is 12.2 Å². The lowest BCUT2D eigenvalue weighted by molar-refractivity contribution is 0.545. The van der Waals surface area contributed by atoms with E-state index in [0.29, 0.717) is 11.7 Å². The smallest absolute Gasteiger partial charge is 0.0883 e. The second kappa shape index (κ2) is 18.8. The van der Waals surface area contributed by atoms with Crippen LogP contribution in [0.5, 0.6) is 0 Å². The average Bonchev–Trinajstić information content (AvgIpc) is 2.47. The Labute approximate surface area is 131 Å². The molecule has 0 aromatic carbocycles. The van der Waals surface area contributed by atoms with E-state index in [0.717, 1.165) is 12.2 Å². The summed E-state index contributed by atoms with van der Waals surface area (Å²) >= 11 is 0.687. The zero-order valence-electron chi connectivity index (χ0n) is 13.6. The van der Waals surface area contributed by atoms with Crippen LogP contribution in [0.1, 0.15) is 96.8 Å². The maximum Gasteiger partial charge on any atom is 0.458 e. The molecule has 0 fully saturated rings. The van der Waals surface area contributed by atoms with Gasteiger partial charge in [0.2, 0.25) is 5.75 Å². The topological polar surface area (TPSA) is 17.1 Å². The molecule has 0 amide bonds. The first kappa shape index (κ1) is 19.8. The van der Waals surface area contributed by atoms with Crippen molar-refractivity contribution in [3.05, 3.63) is 12.2 Å². The molecule has 0 unspecified atom stereocenters. The summed E-state index contributed by atoms with van der Waals surface area (Å²) < 4.78 is 10.2. The standard InChI is InChI=1S/C18H35OS/c1-2-3-4-5-6-7-8-9-10-11-12-13-14-15-16-17-18-20-19/h15-16H,2-14,17-18H2,1H3/q+1. The van der Waals surface area contributed by atoms with Gasteiger partial charge in [-0.05, 0) is 12.8 Å². The van der Waals surface area contributed by atoms with Gasteiger partial charge in [-0.3, -0.25) is 0 Å². The first-order chi connectivity index (χ1) is 9.91. The molecule has 0 aromatic rings. The minimum atomic E-state index is 0.687. The summed E-state index contributed by atoms with van der Waals surface area (Å²) in [7, 11) is 0. The van der Waals surface area contributed by atoms with Gasteiger partial charge >= 0.3 is 11.7 Å². The minimum Gasteiger partial charge on any atom is -0.0883 e. The van der Waals surface area contributed by atoms with Gasteiger partial charge < -0.3 is 0 Å². The lowest BCUT2D eigenvalue weighted by atomic mass is 10.0. The van der Waals surface area contributed by atoms with Crippen molar-refractivity contribution in [1.29, 1.82) is 0 Å². The molecule has 1 nitrogen and oxygen atoms in total. The molecule has 0 aliphatic heterocycles. The molecule has 2 heteroatoms. The molecular formula is C18H35OS+. The Morgan fingerprint density at radius 1 is 0.650 bits per heavy atom. The number of hydrogen-bond donors (Lipinski definition) is 0. The zero-order valence-corrected chi connectivity index (χ0v) is 14.4. The minimum absolute atomic E-state index is 0.687. The summed E-state index contributed by atoms with van der Waals surface area (Å²) in [6.45, 7) is 2.28. The third kappa shape index (κ3) is 17.8. The number of rotatable bonds is 16. The quantitative estimate of drug-likeness (QED) is 0.182. The Balaban J connectivity index is 2.99. The van der Waals surface area contributed by atoms with Gasteiger partial charge in [-0.2, -0.15) is 0 Å². The van der Waals surface area contributed by atoms with Crippen LogP contribution in [0.25, 0.3) is 0 Å². The monoisotopic (exact) mass is 299 g/mol. The Bertz CT molecular complexity index is 213. The second-order valence-electron chi connectivity index (χ2n) is 5.76. The van der Waals surface area contributed by atoms with Crippen molar-refractivity contribution in [2.24, 2.45) is 0 Å². The van der Waals surface area contributed by atoms with Crippen LogP contribution < -0.4 is 0 Å². The number of unbranched alkanes of at least 4 members (excludes halogenated alkanes) is 12. The van der Waals surface area contributed by atoms with Crippen molar-refractivity contribution in [3.63, 3.8) is 0 Å². The molecule has 118 valence electrons. The Morgan fingerprint density at radius 3 is 1.60 bits per heavy atom. The fraction of sp³-hybridized carbons (Fsp3) is 0.889. The van der Waals surface area contributed by atoms with Crippen molar-refractivity contribution in [2.75, 3.05) is 5.75 Å². The van der Waals surface area contributed by atoms with Crippen LogP contribution in [0.3, 0.4) is 0 Å². The summed E-state index contributed by atoms with van der Waals surface area (Å²) in [5, 5.41) is 0. The number of allylic oxidation sites excluding steroid dienone is 2. The fourth-order valence-corrected chi connectivity index (χ4v) is 2.69. The highest BCUT2D eigenvalue weighted by Crippen LogP contribution is 2.12. The maximum atomic E-state index is 10.2. The molecule has 0 atom stereocenters. The third-order valence-corrected chi connectivity index (χ3v) is 4.16. The second-order valence-corrected chi connectivity index (χ2v) is 6.40. The van der Waals surface area contributed by atoms with E-state index in [1.54, 1.807) is 0 Å². The predicted octanol–water partition coefficient (Wildman–Crippen LogP) is 6.45. The van der Waals surface area contributed by atoms with Gasteiger partial charge in [-0.1, -0.05) is 89.7 Å². The molecule has 0 saturated carbocycles. The van der Waals surface area contributed by atoms with E-state index in [1.165, 1.54) is 83.5 Å². The highest BCUT2D eigenvalue weighted by atomic mass is 32.1. The highest BCUT2D eigenvalue weighted by molar-refractivity contribution is 7.65. The van der Waals surface area contributed by atoms with E-state index in [1.807, 2.05) is 0 Å². The lowest BCUT2D eigenvalue weighted by Crippen LogP contribution is -1.82. The molecule has 20 heavy (non-hydrogen) atoms. The Hall–Kier alpha value is -0.240. The molecule has 0 N–H and O–H groups in total. The highest BCUT2D eigenvalue weighted by Gasteiger charge is 1.94. The first-order valence-corrected chi connectivity index (χ1v) is 9.72. The van der Waals surface area contributed by atoms with Gasteiger partial charge in [0.25, 0.3) is 0 Å². The average molecular weight is 300 g/mol. The molecule has 0 aliphatic rings. The molecule has 0 radical (unpaired) electrons. The molecule has 0 aliphatic carbocycles. The molecule has 0 saturated heterocycles. The van der Waals surface area contributed by atoms with Crippen LogP contribution in [-0.4, -0.2) is 5.75 Å².